The Bertz CT molecular complexity index is 352. The van der Waals surface area contributed by atoms with Gasteiger partial charge in [0.05, 0.1) is 0 Å². The monoisotopic (exact) mass is 239 g/mol. The molecule has 0 aliphatic heterocycles. The van der Waals surface area contributed by atoms with Crippen molar-refractivity contribution >= 4 is 17.3 Å². The molecule has 1 rings (SSSR count). The molecule has 0 unspecified atom stereocenters. The van der Waals surface area contributed by atoms with Gasteiger partial charge in [-0.25, -0.2) is 0 Å². The molecule has 0 bridgehead atoms. The summed E-state index contributed by atoms with van der Waals surface area (Å²) in [6.07, 6.45) is 0. The van der Waals surface area contributed by atoms with Crippen LogP contribution >= 0.6 is 11.6 Å². The first-order chi connectivity index (χ1) is 7.33. The fourth-order valence-electron chi connectivity index (χ4n) is 2.03. The van der Waals surface area contributed by atoms with Crippen LogP contribution in [0.4, 0.5) is 5.69 Å². The fourth-order valence-corrected chi connectivity index (χ4v) is 2.19. The van der Waals surface area contributed by atoms with E-state index in [4.69, 9.17) is 11.6 Å². The molecule has 0 N–H and O–H groups in total. The van der Waals surface area contributed by atoms with Gasteiger partial charge < -0.3 is 4.90 Å². The molecule has 0 aliphatic rings. The molecule has 0 aliphatic carbocycles. The van der Waals surface area contributed by atoms with E-state index in [0.29, 0.717) is 11.3 Å². The van der Waals surface area contributed by atoms with E-state index >= 15 is 0 Å². The highest BCUT2D eigenvalue weighted by Crippen LogP contribution is 2.24. The second kappa shape index (κ2) is 5.09. The molecule has 0 atom stereocenters. The zero-order valence-corrected chi connectivity index (χ0v) is 11.7. The van der Waals surface area contributed by atoms with Gasteiger partial charge in [0.1, 0.15) is 0 Å². The molecule has 1 nitrogen and oxygen atoms in total. The number of halogens is 1. The summed E-state index contributed by atoms with van der Waals surface area (Å²) >= 11 is 5.82. The van der Waals surface area contributed by atoms with Crippen LogP contribution in [0.15, 0.2) is 18.2 Å². The zero-order chi connectivity index (χ0) is 12.3. The third-order valence-electron chi connectivity index (χ3n) is 2.54. The Kier molecular flexibility index (Phi) is 4.26. The molecule has 0 aromatic heterocycles. The van der Waals surface area contributed by atoms with Gasteiger partial charge in [-0.1, -0.05) is 32.9 Å². The number of hydrogen-bond donors (Lipinski definition) is 0. The molecule has 0 fully saturated rings. The molecule has 0 saturated carbocycles. The summed E-state index contributed by atoms with van der Waals surface area (Å²) in [5.74, 6) is 0.587. The Morgan fingerprint density at radius 3 is 2.31 bits per heavy atom. The minimum atomic E-state index is 0.312. The number of benzene rings is 1. The predicted molar refractivity (Wildman–Crippen MR) is 73.5 cm³/mol. The number of hydrogen-bond acceptors (Lipinski definition) is 1. The minimum absolute atomic E-state index is 0.312. The number of rotatable bonds is 3. The summed E-state index contributed by atoms with van der Waals surface area (Å²) in [7, 11) is 2.15. The van der Waals surface area contributed by atoms with Gasteiger partial charge >= 0.3 is 0 Å². The van der Waals surface area contributed by atoms with Gasteiger partial charge in [-0.2, -0.15) is 0 Å². The third-order valence-corrected chi connectivity index (χ3v) is 2.85. The normalized spacial score (nSPS) is 11.6. The van der Waals surface area contributed by atoms with Crippen LogP contribution in [-0.2, 0) is 5.88 Å². The van der Waals surface area contributed by atoms with Crippen LogP contribution in [0.1, 0.15) is 31.9 Å². The van der Waals surface area contributed by atoms with Crippen molar-refractivity contribution in [3.8, 4) is 0 Å². The van der Waals surface area contributed by atoms with Crippen molar-refractivity contribution in [2.75, 3.05) is 18.5 Å². The van der Waals surface area contributed by atoms with Gasteiger partial charge in [-0.15, -0.1) is 11.6 Å². The maximum atomic E-state index is 5.82. The van der Waals surface area contributed by atoms with Crippen molar-refractivity contribution in [1.82, 2.24) is 0 Å². The third kappa shape index (κ3) is 3.71. The molecule has 0 heterocycles. The summed E-state index contributed by atoms with van der Waals surface area (Å²) in [5, 5.41) is 0. The van der Waals surface area contributed by atoms with E-state index in [1.54, 1.807) is 0 Å². The Labute approximate surface area is 104 Å². The lowest BCUT2D eigenvalue weighted by atomic mass is 9.95. The van der Waals surface area contributed by atoms with Crippen LogP contribution in [0.3, 0.4) is 0 Å². The molecule has 2 heteroatoms. The molecule has 0 spiro atoms. The molecule has 1 aromatic rings. The summed E-state index contributed by atoms with van der Waals surface area (Å²) in [6, 6.07) is 6.44. The lowest BCUT2D eigenvalue weighted by Crippen LogP contribution is -2.29. The van der Waals surface area contributed by atoms with Crippen LogP contribution in [0.5, 0.6) is 0 Å². The van der Waals surface area contributed by atoms with Crippen molar-refractivity contribution in [1.29, 1.82) is 0 Å². The molecular formula is C14H22ClN. The Balaban J connectivity index is 2.88. The highest BCUT2D eigenvalue weighted by molar-refractivity contribution is 6.17. The largest absolute Gasteiger partial charge is 0.374 e. The molecular weight excluding hydrogens is 218 g/mol. The van der Waals surface area contributed by atoms with Crippen LogP contribution in [-0.4, -0.2) is 13.6 Å². The standard InChI is InChI=1S/C14H22ClN/c1-11-8-12(9-15)6-7-13(11)16(5)10-14(2,3)4/h6-8H,9-10H2,1-5H3. The highest BCUT2D eigenvalue weighted by Gasteiger charge is 2.15. The molecule has 0 radical (unpaired) electrons. The summed E-state index contributed by atoms with van der Waals surface area (Å²) in [4.78, 5) is 2.31. The molecule has 90 valence electrons. The Morgan fingerprint density at radius 2 is 1.88 bits per heavy atom. The smallest absolute Gasteiger partial charge is 0.0474 e. The summed E-state index contributed by atoms with van der Waals surface area (Å²) in [5.41, 5.74) is 4.09. The average Bonchev–Trinajstić information content (AvgIpc) is 2.14. The lowest BCUT2D eigenvalue weighted by molar-refractivity contribution is 0.419. The minimum Gasteiger partial charge on any atom is -0.374 e. The SMILES string of the molecule is Cc1cc(CCl)ccc1N(C)CC(C)(C)C. The molecule has 16 heavy (non-hydrogen) atoms. The van der Waals surface area contributed by atoms with Gasteiger partial charge in [-0.3, -0.25) is 0 Å². The maximum Gasteiger partial charge on any atom is 0.0474 e. The highest BCUT2D eigenvalue weighted by atomic mass is 35.5. The summed E-state index contributed by atoms with van der Waals surface area (Å²) in [6.45, 7) is 9.96. The van der Waals surface area contributed by atoms with E-state index in [2.05, 4.69) is 57.8 Å². The second-order valence-corrected chi connectivity index (χ2v) is 5.94. The van der Waals surface area contributed by atoms with E-state index in [1.165, 1.54) is 16.8 Å². The first-order valence-electron chi connectivity index (χ1n) is 5.70. The van der Waals surface area contributed by atoms with Gasteiger partial charge in [-0.05, 0) is 29.5 Å². The van der Waals surface area contributed by atoms with E-state index in [-0.39, 0.29) is 0 Å². The van der Waals surface area contributed by atoms with Gasteiger partial charge in [0.15, 0.2) is 0 Å². The van der Waals surface area contributed by atoms with Crippen LogP contribution in [0.25, 0.3) is 0 Å². The van der Waals surface area contributed by atoms with Crippen molar-refractivity contribution < 1.29 is 0 Å². The van der Waals surface area contributed by atoms with Gasteiger partial charge in [0.25, 0.3) is 0 Å². The molecule has 1 aromatic carbocycles. The first-order valence-corrected chi connectivity index (χ1v) is 6.23. The number of alkyl halides is 1. The first kappa shape index (κ1) is 13.4. The van der Waals surface area contributed by atoms with Crippen LogP contribution in [0.2, 0.25) is 0 Å². The topological polar surface area (TPSA) is 3.24 Å². The van der Waals surface area contributed by atoms with Gasteiger partial charge in [0, 0.05) is 25.2 Å². The van der Waals surface area contributed by atoms with Crippen molar-refractivity contribution in [3.05, 3.63) is 29.3 Å². The number of anilines is 1. The van der Waals surface area contributed by atoms with E-state index in [1.807, 2.05) is 0 Å². The lowest BCUT2D eigenvalue weighted by Gasteiger charge is -2.29. The molecule has 0 saturated heterocycles. The number of nitrogens with zero attached hydrogens (tertiary/aromatic N) is 1. The number of aryl methyl sites for hydroxylation is 1. The quantitative estimate of drug-likeness (QED) is 0.714. The average molecular weight is 240 g/mol. The van der Waals surface area contributed by atoms with E-state index in [0.717, 1.165) is 6.54 Å². The van der Waals surface area contributed by atoms with Crippen molar-refractivity contribution in [3.63, 3.8) is 0 Å². The van der Waals surface area contributed by atoms with E-state index < -0.39 is 0 Å². The maximum absolute atomic E-state index is 5.82. The Hall–Kier alpha value is -0.690. The fraction of sp³-hybridized carbons (Fsp3) is 0.571. The Morgan fingerprint density at radius 1 is 1.25 bits per heavy atom. The predicted octanol–water partition coefficient (Wildman–Crippen LogP) is 4.22. The summed E-state index contributed by atoms with van der Waals surface area (Å²) < 4.78 is 0. The van der Waals surface area contributed by atoms with Crippen molar-refractivity contribution in [2.24, 2.45) is 5.41 Å². The zero-order valence-electron chi connectivity index (χ0n) is 11.0. The van der Waals surface area contributed by atoms with Crippen LogP contribution < -0.4 is 4.90 Å². The van der Waals surface area contributed by atoms with Crippen LogP contribution in [0, 0.1) is 12.3 Å². The van der Waals surface area contributed by atoms with E-state index in [9.17, 15) is 0 Å². The molecule has 0 amide bonds. The van der Waals surface area contributed by atoms with Crippen molar-refractivity contribution in [2.45, 2.75) is 33.6 Å². The van der Waals surface area contributed by atoms with Gasteiger partial charge in [0.2, 0.25) is 0 Å². The second-order valence-electron chi connectivity index (χ2n) is 5.67.